The topological polar surface area (TPSA) is 40.5 Å². The Morgan fingerprint density at radius 1 is 1.25 bits per heavy atom. The Kier molecular flexibility index (Phi) is 6.05. The second kappa shape index (κ2) is 7.79. The van der Waals surface area contributed by atoms with Gasteiger partial charge in [-0.15, -0.1) is 11.3 Å². The number of fused-ring (bicyclic) bond motifs is 1. The van der Waals surface area contributed by atoms with E-state index in [-0.39, 0.29) is 12.5 Å². The summed E-state index contributed by atoms with van der Waals surface area (Å²) in [5.41, 5.74) is 1.41. The maximum Gasteiger partial charge on any atom is 0.263 e. The van der Waals surface area contributed by atoms with Gasteiger partial charge in [-0.05, 0) is 56.6 Å². The summed E-state index contributed by atoms with van der Waals surface area (Å²) in [6, 6.07) is 2.12. The average Bonchev–Trinajstić information content (AvgIpc) is 2.73. The fourth-order valence-corrected chi connectivity index (χ4v) is 3.95. The monoisotopic (exact) mass is 295 g/mol. The van der Waals surface area contributed by atoms with Crippen LogP contribution in [0.25, 0.3) is 0 Å². The average molecular weight is 295 g/mol. The summed E-state index contributed by atoms with van der Waals surface area (Å²) in [6.45, 7) is 1.02. The molecule has 1 amide bonds. The van der Waals surface area contributed by atoms with Crippen LogP contribution in [0.3, 0.4) is 0 Å². The van der Waals surface area contributed by atoms with Gasteiger partial charge in [0.2, 0.25) is 0 Å². The van der Waals surface area contributed by atoms with Crippen LogP contribution in [0.15, 0.2) is 6.07 Å². The third-order valence-electron chi connectivity index (χ3n) is 3.96. The first kappa shape index (κ1) is 15.5. The molecule has 1 heterocycles. The summed E-state index contributed by atoms with van der Waals surface area (Å²) in [5, 5.41) is 8.76. The Labute approximate surface area is 125 Å². The third-order valence-corrected chi connectivity index (χ3v) is 5.18. The molecule has 0 radical (unpaired) electrons. The van der Waals surface area contributed by atoms with Crippen LogP contribution in [0.4, 0.5) is 0 Å². The number of aliphatic hydroxyl groups excluding tert-OH is 1. The van der Waals surface area contributed by atoms with E-state index in [1.807, 2.05) is 11.9 Å². The molecule has 0 spiro atoms. The van der Waals surface area contributed by atoms with Crippen LogP contribution >= 0.6 is 11.3 Å². The summed E-state index contributed by atoms with van der Waals surface area (Å²) in [7, 11) is 1.88. The van der Waals surface area contributed by atoms with Crippen LogP contribution in [-0.2, 0) is 12.8 Å². The molecule has 1 aliphatic carbocycles. The predicted octanol–water partition coefficient (Wildman–Crippen LogP) is 3.25. The van der Waals surface area contributed by atoms with Crippen LogP contribution in [0.2, 0.25) is 0 Å². The molecule has 0 aromatic carbocycles. The highest BCUT2D eigenvalue weighted by atomic mass is 32.1. The van der Waals surface area contributed by atoms with Crippen molar-refractivity contribution in [3.8, 4) is 0 Å². The fraction of sp³-hybridized carbons (Fsp3) is 0.688. The molecule has 0 unspecified atom stereocenters. The molecule has 0 fully saturated rings. The molecule has 2 rings (SSSR count). The number of carbonyl (C=O) groups is 1. The lowest BCUT2D eigenvalue weighted by molar-refractivity contribution is 0.0797. The molecule has 0 atom stereocenters. The zero-order chi connectivity index (χ0) is 14.4. The Balaban J connectivity index is 1.91. The molecule has 20 heavy (non-hydrogen) atoms. The standard InChI is InChI=1S/C16H25NO2S/c1-17(10-6-3-7-11-18)16(19)15-12-13-8-4-2-5-9-14(13)20-15/h12,18H,2-11H2,1H3. The molecule has 0 bridgehead atoms. The van der Waals surface area contributed by atoms with Crippen molar-refractivity contribution in [3.63, 3.8) is 0 Å². The molecule has 1 N–H and O–H groups in total. The fourth-order valence-electron chi connectivity index (χ4n) is 2.70. The van der Waals surface area contributed by atoms with E-state index in [1.165, 1.54) is 29.7 Å². The number of hydrogen-bond donors (Lipinski definition) is 1. The Hall–Kier alpha value is -0.870. The van der Waals surface area contributed by atoms with Gasteiger partial charge in [0, 0.05) is 25.1 Å². The lowest BCUT2D eigenvalue weighted by Crippen LogP contribution is -2.27. The Morgan fingerprint density at radius 2 is 2.05 bits per heavy atom. The summed E-state index contributed by atoms with van der Waals surface area (Å²) >= 11 is 1.70. The molecular weight excluding hydrogens is 270 g/mol. The highest BCUT2D eigenvalue weighted by Gasteiger charge is 2.18. The lowest BCUT2D eigenvalue weighted by Gasteiger charge is -2.15. The van der Waals surface area contributed by atoms with Gasteiger partial charge in [-0.1, -0.05) is 6.42 Å². The number of hydrogen-bond acceptors (Lipinski definition) is 3. The van der Waals surface area contributed by atoms with Gasteiger partial charge in [0.25, 0.3) is 5.91 Å². The number of carbonyl (C=O) groups excluding carboxylic acids is 1. The number of amides is 1. The number of aliphatic hydroxyl groups is 1. The van der Waals surface area contributed by atoms with Crippen molar-refractivity contribution in [2.75, 3.05) is 20.2 Å². The molecule has 0 saturated heterocycles. The van der Waals surface area contributed by atoms with E-state index >= 15 is 0 Å². The van der Waals surface area contributed by atoms with E-state index in [1.54, 1.807) is 11.3 Å². The third kappa shape index (κ3) is 4.06. The first-order valence-electron chi connectivity index (χ1n) is 7.70. The highest BCUT2D eigenvalue weighted by molar-refractivity contribution is 7.14. The van der Waals surface area contributed by atoms with Crippen molar-refractivity contribution in [2.45, 2.75) is 51.4 Å². The van der Waals surface area contributed by atoms with Crippen molar-refractivity contribution in [1.82, 2.24) is 4.90 Å². The Bertz CT molecular complexity index is 418. The first-order valence-corrected chi connectivity index (χ1v) is 8.52. The molecule has 4 heteroatoms. The van der Waals surface area contributed by atoms with Gasteiger partial charge in [0.1, 0.15) is 0 Å². The van der Waals surface area contributed by atoms with Crippen LogP contribution in [0.5, 0.6) is 0 Å². The molecule has 0 aliphatic heterocycles. The number of nitrogens with zero attached hydrogens (tertiary/aromatic N) is 1. The van der Waals surface area contributed by atoms with E-state index in [9.17, 15) is 4.79 Å². The quantitative estimate of drug-likeness (QED) is 0.646. The van der Waals surface area contributed by atoms with Gasteiger partial charge in [-0.25, -0.2) is 0 Å². The lowest BCUT2D eigenvalue weighted by atomic mass is 10.1. The van der Waals surface area contributed by atoms with Gasteiger partial charge in [0.05, 0.1) is 4.88 Å². The normalized spacial score (nSPS) is 14.7. The highest BCUT2D eigenvalue weighted by Crippen LogP contribution is 2.29. The van der Waals surface area contributed by atoms with E-state index in [2.05, 4.69) is 6.07 Å². The van der Waals surface area contributed by atoms with E-state index < -0.39 is 0 Å². The van der Waals surface area contributed by atoms with Gasteiger partial charge in [-0.2, -0.15) is 0 Å². The van der Waals surface area contributed by atoms with Gasteiger partial charge in [0.15, 0.2) is 0 Å². The molecule has 1 aromatic heterocycles. The molecule has 0 saturated carbocycles. The first-order chi connectivity index (χ1) is 9.72. The van der Waals surface area contributed by atoms with E-state index in [0.29, 0.717) is 0 Å². The minimum absolute atomic E-state index is 0.159. The van der Waals surface area contributed by atoms with Gasteiger partial charge in [-0.3, -0.25) is 4.79 Å². The Morgan fingerprint density at radius 3 is 2.85 bits per heavy atom. The van der Waals surface area contributed by atoms with Gasteiger partial charge < -0.3 is 10.0 Å². The van der Waals surface area contributed by atoms with Crippen molar-refractivity contribution >= 4 is 17.2 Å². The minimum atomic E-state index is 0.159. The van der Waals surface area contributed by atoms with E-state index in [0.717, 1.165) is 43.5 Å². The van der Waals surface area contributed by atoms with E-state index in [4.69, 9.17) is 5.11 Å². The summed E-state index contributed by atoms with van der Waals surface area (Å²) in [5.74, 6) is 0.159. The molecular formula is C16H25NO2S. The zero-order valence-electron chi connectivity index (χ0n) is 12.4. The predicted molar refractivity (Wildman–Crippen MR) is 83.5 cm³/mol. The second-order valence-corrected chi connectivity index (χ2v) is 6.77. The number of thiophene rings is 1. The number of rotatable bonds is 6. The molecule has 3 nitrogen and oxygen atoms in total. The largest absolute Gasteiger partial charge is 0.396 e. The molecule has 1 aliphatic rings. The number of aryl methyl sites for hydroxylation is 2. The molecule has 112 valence electrons. The maximum absolute atomic E-state index is 12.4. The molecule has 1 aromatic rings. The van der Waals surface area contributed by atoms with Crippen molar-refractivity contribution in [2.24, 2.45) is 0 Å². The second-order valence-electron chi connectivity index (χ2n) is 5.63. The summed E-state index contributed by atoms with van der Waals surface area (Å²) in [6.07, 6.45) is 8.90. The van der Waals surface area contributed by atoms with Crippen LogP contribution in [-0.4, -0.2) is 36.1 Å². The van der Waals surface area contributed by atoms with Crippen LogP contribution in [0, 0.1) is 0 Å². The van der Waals surface area contributed by atoms with Crippen molar-refractivity contribution in [1.29, 1.82) is 0 Å². The minimum Gasteiger partial charge on any atom is -0.396 e. The SMILES string of the molecule is CN(CCCCCO)C(=O)c1cc2c(s1)CCCCC2. The van der Waals surface area contributed by atoms with Crippen molar-refractivity contribution < 1.29 is 9.90 Å². The van der Waals surface area contributed by atoms with Crippen molar-refractivity contribution in [3.05, 3.63) is 21.4 Å². The van der Waals surface area contributed by atoms with Gasteiger partial charge >= 0.3 is 0 Å². The summed E-state index contributed by atoms with van der Waals surface area (Å²) < 4.78 is 0. The maximum atomic E-state index is 12.4. The zero-order valence-corrected chi connectivity index (χ0v) is 13.2. The van der Waals surface area contributed by atoms with Crippen LogP contribution < -0.4 is 0 Å². The smallest absolute Gasteiger partial charge is 0.263 e. The summed E-state index contributed by atoms with van der Waals surface area (Å²) in [4.78, 5) is 16.6. The number of unbranched alkanes of at least 4 members (excludes halogenated alkanes) is 2. The van der Waals surface area contributed by atoms with Crippen LogP contribution in [0.1, 0.15) is 58.6 Å².